The fourth-order valence-electron chi connectivity index (χ4n) is 4.63. The van der Waals surface area contributed by atoms with Gasteiger partial charge in [0.25, 0.3) is 0 Å². The first-order valence-corrected chi connectivity index (χ1v) is 11.9. The molecule has 0 bridgehead atoms. The molecule has 3 aliphatic rings. The number of allylic oxidation sites excluding steroid dienone is 2. The van der Waals surface area contributed by atoms with Crippen LogP contribution in [0.2, 0.25) is 0 Å². The Labute approximate surface area is 203 Å². The van der Waals surface area contributed by atoms with E-state index in [1.807, 2.05) is 25.3 Å². The first-order valence-electron chi connectivity index (χ1n) is 10.7. The Balaban J connectivity index is 1.89. The van der Waals surface area contributed by atoms with Gasteiger partial charge in [0.2, 0.25) is 0 Å². The molecule has 0 aromatic carbocycles. The summed E-state index contributed by atoms with van der Waals surface area (Å²) in [4.78, 5) is 7.33. The van der Waals surface area contributed by atoms with Crippen molar-refractivity contribution in [2.24, 2.45) is 5.92 Å². The second kappa shape index (κ2) is 9.82. The van der Waals surface area contributed by atoms with Crippen LogP contribution in [0.25, 0.3) is 17.8 Å². The van der Waals surface area contributed by atoms with E-state index in [0.29, 0.717) is 27.1 Å². The molecular formula is C23H28Cl3N3O3. The Morgan fingerprint density at radius 3 is 2.47 bits per heavy atom. The Hall–Kier alpha value is -1.44. The lowest BCUT2D eigenvalue weighted by Gasteiger charge is -2.34. The highest BCUT2D eigenvalue weighted by Gasteiger charge is 2.36. The van der Waals surface area contributed by atoms with E-state index in [1.165, 1.54) is 0 Å². The van der Waals surface area contributed by atoms with Crippen LogP contribution in [-0.2, 0) is 14.2 Å². The molecule has 0 saturated carbocycles. The summed E-state index contributed by atoms with van der Waals surface area (Å²) in [6.45, 7) is 3.66. The maximum Gasteiger partial charge on any atom is 0.137 e. The van der Waals surface area contributed by atoms with Crippen LogP contribution >= 0.6 is 34.8 Å². The first-order chi connectivity index (χ1) is 15.4. The standard InChI is InChI=1S/C23H28Cl3N3O3/c1-12-21(31-3)19(25)18(20(26)22(12)32-4)16-9-13-11-27-17(24)10-15(13)23(28-16)29-7-5-14(30-2)6-8-29/h9-12,14,17,21,27H,5-8H2,1-4H3. The van der Waals surface area contributed by atoms with E-state index in [0.717, 1.165) is 42.2 Å². The molecular weight excluding hydrogens is 473 g/mol. The number of ether oxygens (including phenoxy) is 3. The topological polar surface area (TPSA) is 55.9 Å². The molecule has 2 aliphatic heterocycles. The van der Waals surface area contributed by atoms with Crippen LogP contribution in [0, 0.1) is 5.92 Å². The highest BCUT2D eigenvalue weighted by Crippen LogP contribution is 2.44. The average molecular weight is 501 g/mol. The molecule has 1 saturated heterocycles. The van der Waals surface area contributed by atoms with E-state index < -0.39 is 0 Å². The molecule has 6 nitrogen and oxygen atoms in total. The van der Waals surface area contributed by atoms with Crippen molar-refractivity contribution in [3.8, 4) is 0 Å². The van der Waals surface area contributed by atoms with E-state index in [2.05, 4.69) is 10.2 Å². The molecule has 0 spiro atoms. The zero-order valence-corrected chi connectivity index (χ0v) is 20.9. The Morgan fingerprint density at radius 1 is 1.12 bits per heavy atom. The van der Waals surface area contributed by atoms with Crippen LogP contribution in [0.4, 0.5) is 5.82 Å². The SMILES string of the molecule is COC1=C(Cl)C(c2cc3c(c(N4CCC(OC)CC4)n2)=CC(Cl)NC=3)=C(Cl)C(OC)C1C. The van der Waals surface area contributed by atoms with Gasteiger partial charge in [-0.3, -0.25) is 0 Å². The second-order valence-electron chi connectivity index (χ2n) is 8.19. The van der Waals surface area contributed by atoms with Gasteiger partial charge in [-0.05, 0) is 25.0 Å². The van der Waals surface area contributed by atoms with Gasteiger partial charge in [0.15, 0.2) is 0 Å². The van der Waals surface area contributed by atoms with Crippen molar-refractivity contribution in [2.75, 3.05) is 39.3 Å². The maximum atomic E-state index is 6.83. The molecule has 1 aromatic heterocycles. The molecule has 4 rings (SSSR count). The number of rotatable bonds is 5. The third kappa shape index (κ3) is 4.24. The van der Waals surface area contributed by atoms with Gasteiger partial charge in [0.05, 0.1) is 29.0 Å². The molecule has 3 unspecified atom stereocenters. The molecule has 1 fully saturated rings. The number of methoxy groups -OCH3 is 3. The summed E-state index contributed by atoms with van der Waals surface area (Å²) in [6.07, 6.45) is 5.66. The van der Waals surface area contributed by atoms with Gasteiger partial charge in [-0.15, -0.1) is 0 Å². The van der Waals surface area contributed by atoms with Crippen molar-refractivity contribution in [3.63, 3.8) is 0 Å². The van der Waals surface area contributed by atoms with Gasteiger partial charge in [-0.25, -0.2) is 4.98 Å². The number of nitrogens with zero attached hydrogens (tertiary/aromatic N) is 2. The quantitative estimate of drug-likeness (QED) is 0.495. The summed E-state index contributed by atoms with van der Waals surface area (Å²) in [5.74, 6) is 1.38. The average Bonchev–Trinajstić information content (AvgIpc) is 2.79. The molecule has 32 heavy (non-hydrogen) atoms. The van der Waals surface area contributed by atoms with Crippen molar-refractivity contribution < 1.29 is 14.2 Å². The van der Waals surface area contributed by atoms with E-state index in [9.17, 15) is 0 Å². The number of halogens is 3. The van der Waals surface area contributed by atoms with Crippen LogP contribution in [0.15, 0.2) is 21.9 Å². The van der Waals surface area contributed by atoms with Crippen molar-refractivity contribution in [2.45, 2.75) is 37.5 Å². The summed E-state index contributed by atoms with van der Waals surface area (Å²) in [5.41, 5.74) is 1.00. The number of fused-ring (bicyclic) bond motifs is 1. The van der Waals surface area contributed by atoms with Crippen molar-refractivity contribution in [3.05, 3.63) is 38.0 Å². The fourth-order valence-corrected chi connectivity index (χ4v) is 5.79. The van der Waals surface area contributed by atoms with Crippen molar-refractivity contribution in [1.29, 1.82) is 0 Å². The predicted octanol–water partition coefficient (Wildman–Crippen LogP) is 3.09. The van der Waals surface area contributed by atoms with Gasteiger partial charge in [0, 0.05) is 55.4 Å². The largest absolute Gasteiger partial charge is 0.499 e. The van der Waals surface area contributed by atoms with Gasteiger partial charge >= 0.3 is 0 Å². The van der Waals surface area contributed by atoms with E-state index in [4.69, 9.17) is 54.0 Å². The third-order valence-electron chi connectivity index (χ3n) is 6.38. The van der Waals surface area contributed by atoms with Crippen LogP contribution in [0.5, 0.6) is 0 Å². The molecule has 174 valence electrons. The Kier molecular flexibility index (Phi) is 7.27. The predicted molar refractivity (Wildman–Crippen MR) is 130 cm³/mol. The lowest BCUT2D eigenvalue weighted by Crippen LogP contribution is -2.45. The smallest absolute Gasteiger partial charge is 0.137 e. The number of alkyl halides is 1. The van der Waals surface area contributed by atoms with E-state index >= 15 is 0 Å². The Bertz CT molecular complexity index is 1060. The highest BCUT2D eigenvalue weighted by atomic mass is 35.5. The molecule has 1 aromatic rings. The van der Waals surface area contributed by atoms with Gasteiger partial charge < -0.3 is 24.4 Å². The molecule has 9 heteroatoms. The summed E-state index contributed by atoms with van der Waals surface area (Å²) < 4.78 is 16.9. The zero-order valence-electron chi connectivity index (χ0n) is 18.6. The highest BCUT2D eigenvalue weighted by molar-refractivity contribution is 6.43. The lowest BCUT2D eigenvalue weighted by atomic mass is 9.90. The van der Waals surface area contributed by atoms with Crippen LogP contribution in [0.3, 0.4) is 0 Å². The number of nitrogens with one attached hydrogen (secondary N) is 1. The van der Waals surface area contributed by atoms with Crippen LogP contribution in [0.1, 0.15) is 25.5 Å². The Morgan fingerprint density at radius 2 is 1.84 bits per heavy atom. The summed E-state index contributed by atoms with van der Waals surface area (Å²) in [5, 5.41) is 6.11. The summed E-state index contributed by atoms with van der Waals surface area (Å²) in [7, 11) is 5.00. The van der Waals surface area contributed by atoms with Crippen molar-refractivity contribution in [1.82, 2.24) is 10.3 Å². The second-order valence-corrected chi connectivity index (χ2v) is 9.44. The minimum atomic E-state index is -0.372. The molecule has 0 amide bonds. The molecule has 1 N–H and O–H groups in total. The number of pyridine rings is 1. The normalized spacial score (nSPS) is 26.3. The van der Waals surface area contributed by atoms with Gasteiger partial charge in [0.1, 0.15) is 23.2 Å². The van der Waals surface area contributed by atoms with Crippen molar-refractivity contribution >= 4 is 58.5 Å². The minimum absolute atomic E-state index is 0.113. The molecule has 0 radical (unpaired) electrons. The van der Waals surface area contributed by atoms with Gasteiger partial charge in [-0.2, -0.15) is 0 Å². The summed E-state index contributed by atoms with van der Waals surface area (Å²) in [6, 6.07) is 1.98. The molecule has 3 atom stereocenters. The number of hydrogen-bond donors (Lipinski definition) is 1. The minimum Gasteiger partial charge on any atom is -0.499 e. The third-order valence-corrected chi connectivity index (χ3v) is 7.41. The molecule has 1 aliphatic carbocycles. The number of piperidine rings is 1. The molecule has 3 heterocycles. The van der Waals surface area contributed by atoms with Gasteiger partial charge in [-0.1, -0.05) is 41.7 Å². The zero-order chi connectivity index (χ0) is 23.0. The number of hydrogen-bond acceptors (Lipinski definition) is 6. The summed E-state index contributed by atoms with van der Waals surface area (Å²) >= 11 is 20.0. The van der Waals surface area contributed by atoms with E-state index in [-0.39, 0.29) is 23.6 Å². The van der Waals surface area contributed by atoms with Crippen LogP contribution in [-0.4, -0.2) is 57.1 Å². The monoisotopic (exact) mass is 499 g/mol. The fraction of sp³-hybridized carbons (Fsp3) is 0.522. The first kappa shape index (κ1) is 23.7. The number of aromatic nitrogens is 1. The maximum absolute atomic E-state index is 6.83. The number of anilines is 1. The van der Waals surface area contributed by atoms with Crippen LogP contribution < -0.4 is 20.7 Å². The lowest BCUT2D eigenvalue weighted by molar-refractivity contribution is 0.0789. The van der Waals surface area contributed by atoms with E-state index in [1.54, 1.807) is 21.3 Å².